The first kappa shape index (κ1) is 23.9. The average molecular weight is 463 g/mol. The van der Waals surface area contributed by atoms with E-state index < -0.39 is 12.1 Å². The number of rotatable bonds is 9. The van der Waals surface area contributed by atoms with Crippen molar-refractivity contribution in [1.29, 1.82) is 0 Å². The predicted octanol–water partition coefficient (Wildman–Crippen LogP) is 4.49. The lowest BCUT2D eigenvalue weighted by Crippen LogP contribution is -2.48. The summed E-state index contributed by atoms with van der Waals surface area (Å²) in [4.78, 5) is 16.9. The van der Waals surface area contributed by atoms with Gasteiger partial charge < -0.3 is 16.8 Å². The highest BCUT2D eigenvalue weighted by Crippen LogP contribution is 2.21. The zero-order chi connectivity index (χ0) is 24.6. The number of carbonyl (C=O) groups excluding carboxylic acids is 1. The van der Waals surface area contributed by atoms with Crippen LogP contribution in [0.2, 0.25) is 0 Å². The Kier molecular flexibility index (Phi) is 7.70. The number of amides is 1. The normalized spacial score (nSPS) is 12.5. The molecule has 2 atom stereocenters. The molecule has 0 saturated carbocycles. The van der Waals surface area contributed by atoms with Gasteiger partial charge in [-0.2, -0.15) is 0 Å². The van der Waals surface area contributed by atoms with Gasteiger partial charge in [0.2, 0.25) is 5.91 Å². The number of carbonyl (C=O) groups is 1. The monoisotopic (exact) mass is 462 g/mol. The second-order valence-corrected chi connectivity index (χ2v) is 8.65. The van der Waals surface area contributed by atoms with Gasteiger partial charge in [-0.05, 0) is 58.4 Å². The summed E-state index contributed by atoms with van der Waals surface area (Å²) in [5.74, 6) is -0.249. The van der Waals surface area contributed by atoms with Gasteiger partial charge in [0.05, 0.1) is 12.1 Å². The molecule has 35 heavy (non-hydrogen) atoms. The molecule has 0 fully saturated rings. The van der Waals surface area contributed by atoms with E-state index in [1.807, 2.05) is 54.6 Å². The van der Waals surface area contributed by atoms with Crippen molar-refractivity contribution in [2.75, 3.05) is 0 Å². The first-order chi connectivity index (χ1) is 17.0. The fraction of sp³-hybridized carbons (Fsp3) is 0.133. The average Bonchev–Trinajstić information content (AvgIpc) is 2.90. The van der Waals surface area contributed by atoms with Crippen molar-refractivity contribution in [2.24, 2.45) is 11.5 Å². The maximum Gasteiger partial charge on any atom is 0.237 e. The van der Waals surface area contributed by atoms with Gasteiger partial charge in [0.15, 0.2) is 0 Å². The highest BCUT2D eigenvalue weighted by Gasteiger charge is 2.20. The van der Waals surface area contributed by atoms with Crippen molar-refractivity contribution in [1.82, 2.24) is 10.3 Å². The number of benzene rings is 3. The Morgan fingerprint density at radius 1 is 0.743 bits per heavy atom. The molecule has 5 heteroatoms. The van der Waals surface area contributed by atoms with Crippen LogP contribution in [0.1, 0.15) is 11.1 Å². The van der Waals surface area contributed by atoms with Crippen molar-refractivity contribution >= 4 is 5.91 Å². The Balaban J connectivity index is 1.35. The summed E-state index contributed by atoms with van der Waals surface area (Å²) in [5.41, 5.74) is 19.2. The van der Waals surface area contributed by atoms with E-state index in [4.69, 9.17) is 11.5 Å². The fourth-order valence-corrected chi connectivity index (χ4v) is 3.98. The number of hydrogen-bond acceptors (Lipinski definition) is 4. The highest BCUT2D eigenvalue weighted by atomic mass is 16.2. The van der Waals surface area contributed by atoms with Gasteiger partial charge in [-0.3, -0.25) is 9.78 Å². The van der Waals surface area contributed by atoms with Crippen LogP contribution >= 0.6 is 0 Å². The van der Waals surface area contributed by atoms with Crippen LogP contribution in [0.25, 0.3) is 22.3 Å². The lowest BCUT2D eigenvalue weighted by Gasteiger charge is -2.21. The topological polar surface area (TPSA) is 94.0 Å². The van der Waals surface area contributed by atoms with Crippen LogP contribution in [-0.2, 0) is 17.6 Å². The molecule has 4 rings (SSSR count). The van der Waals surface area contributed by atoms with E-state index in [9.17, 15) is 4.79 Å². The van der Waals surface area contributed by atoms with Crippen LogP contribution in [0.15, 0.2) is 116 Å². The minimum atomic E-state index is -0.691. The Morgan fingerprint density at radius 3 is 1.77 bits per heavy atom. The second-order valence-electron chi connectivity index (χ2n) is 8.65. The summed E-state index contributed by atoms with van der Waals surface area (Å²) in [6.07, 6.45) is 4.51. The summed E-state index contributed by atoms with van der Waals surface area (Å²) in [6.45, 7) is 3.87. The van der Waals surface area contributed by atoms with Gasteiger partial charge in [-0.1, -0.05) is 85.4 Å². The lowest BCUT2D eigenvalue weighted by molar-refractivity contribution is -0.122. The molecular formula is C30H30N4O. The number of nitrogens with zero attached hydrogens (tertiary/aromatic N) is 1. The molecule has 0 aliphatic rings. The van der Waals surface area contributed by atoms with E-state index in [-0.39, 0.29) is 5.91 Å². The van der Waals surface area contributed by atoms with Crippen molar-refractivity contribution in [3.63, 3.8) is 0 Å². The molecule has 0 saturated heterocycles. The number of aromatic nitrogens is 1. The molecule has 3 aromatic carbocycles. The van der Waals surface area contributed by atoms with E-state index in [0.29, 0.717) is 18.5 Å². The maximum atomic E-state index is 12.8. The second kappa shape index (κ2) is 11.3. The molecule has 0 spiro atoms. The molecule has 1 aromatic heterocycles. The maximum absolute atomic E-state index is 12.8. The molecule has 0 bridgehead atoms. The summed E-state index contributed by atoms with van der Waals surface area (Å²) < 4.78 is 0. The Labute approximate surface area is 206 Å². The molecule has 176 valence electrons. The minimum absolute atomic E-state index is 0.249. The van der Waals surface area contributed by atoms with Crippen LogP contribution in [0.3, 0.4) is 0 Å². The van der Waals surface area contributed by atoms with E-state index in [2.05, 4.69) is 53.3 Å². The number of nitrogens with one attached hydrogen (secondary N) is 1. The van der Waals surface area contributed by atoms with Gasteiger partial charge >= 0.3 is 0 Å². The summed E-state index contributed by atoms with van der Waals surface area (Å²) >= 11 is 0. The zero-order valence-electron chi connectivity index (χ0n) is 19.6. The Bertz CT molecular complexity index is 1250. The first-order valence-electron chi connectivity index (χ1n) is 11.6. The van der Waals surface area contributed by atoms with Gasteiger partial charge in [-0.15, -0.1) is 0 Å². The molecule has 5 nitrogen and oxygen atoms in total. The van der Waals surface area contributed by atoms with Crippen LogP contribution in [0.4, 0.5) is 0 Å². The third-order valence-electron chi connectivity index (χ3n) is 6.02. The van der Waals surface area contributed by atoms with Gasteiger partial charge in [-0.25, -0.2) is 0 Å². The van der Waals surface area contributed by atoms with E-state index in [0.717, 1.165) is 33.4 Å². The molecule has 0 unspecified atom stereocenters. The quantitative estimate of drug-likeness (QED) is 0.342. The van der Waals surface area contributed by atoms with Crippen molar-refractivity contribution in [3.8, 4) is 22.3 Å². The van der Waals surface area contributed by atoms with Crippen LogP contribution in [-0.4, -0.2) is 23.0 Å². The summed E-state index contributed by atoms with van der Waals surface area (Å²) in [5, 5.41) is 2.97. The van der Waals surface area contributed by atoms with E-state index >= 15 is 0 Å². The zero-order valence-corrected chi connectivity index (χ0v) is 19.6. The summed E-state index contributed by atoms with van der Waals surface area (Å²) in [6, 6.07) is 29.3. The largest absolute Gasteiger partial charge is 0.401 e. The van der Waals surface area contributed by atoms with Crippen molar-refractivity contribution < 1.29 is 4.79 Å². The smallest absolute Gasteiger partial charge is 0.237 e. The predicted molar refractivity (Wildman–Crippen MR) is 142 cm³/mol. The summed E-state index contributed by atoms with van der Waals surface area (Å²) in [7, 11) is 0. The Hall–Kier alpha value is -4.22. The van der Waals surface area contributed by atoms with Crippen LogP contribution < -0.4 is 16.8 Å². The highest BCUT2D eigenvalue weighted by molar-refractivity contribution is 5.82. The number of pyridine rings is 1. The Morgan fingerprint density at radius 2 is 1.23 bits per heavy atom. The van der Waals surface area contributed by atoms with Crippen LogP contribution in [0, 0.1) is 0 Å². The number of nitrogens with two attached hydrogens (primary N) is 2. The molecule has 4 aromatic rings. The fourth-order valence-electron chi connectivity index (χ4n) is 3.98. The first-order valence-corrected chi connectivity index (χ1v) is 11.6. The molecule has 0 radical (unpaired) electrons. The number of hydrogen-bond donors (Lipinski definition) is 3. The molecule has 1 amide bonds. The van der Waals surface area contributed by atoms with Crippen LogP contribution in [0.5, 0.6) is 0 Å². The van der Waals surface area contributed by atoms with Gasteiger partial charge in [0.1, 0.15) is 0 Å². The molecule has 0 aliphatic carbocycles. The van der Waals surface area contributed by atoms with Gasteiger partial charge in [0, 0.05) is 18.1 Å². The molecule has 0 aliphatic heterocycles. The van der Waals surface area contributed by atoms with E-state index in [1.165, 1.54) is 0 Å². The third-order valence-corrected chi connectivity index (χ3v) is 6.02. The molecular weight excluding hydrogens is 432 g/mol. The van der Waals surface area contributed by atoms with Crippen molar-refractivity contribution in [2.45, 2.75) is 24.9 Å². The molecule has 1 heterocycles. The van der Waals surface area contributed by atoms with E-state index in [1.54, 1.807) is 12.4 Å². The molecule has 5 N–H and O–H groups in total. The third kappa shape index (κ3) is 6.43. The van der Waals surface area contributed by atoms with Crippen molar-refractivity contribution in [3.05, 3.63) is 127 Å². The lowest BCUT2D eigenvalue weighted by atomic mass is 9.98. The SMILES string of the molecule is C=C(N)[C@@H](Cc1ccc(-c2ccccc2)cc1)NC(=O)[C@@H](N)Cc1ccc(-c2ccncc2)cc1. The minimum Gasteiger partial charge on any atom is -0.401 e. The standard InChI is InChI=1S/C30H30N4O/c1-21(31)29(20-23-9-13-25(14-10-23)24-5-3-2-4-6-24)34-30(35)28(32)19-22-7-11-26(12-8-22)27-15-17-33-18-16-27/h2-18,28-29H,1,19-20,31-32H2,(H,34,35)/t28-,29+/m0/s1. The van der Waals surface area contributed by atoms with Gasteiger partial charge in [0.25, 0.3) is 0 Å².